The molecule has 0 fully saturated rings. The van der Waals surface area contributed by atoms with E-state index in [9.17, 15) is 0 Å². The molecule has 0 heterocycles. The van der Waals surface area contributed by atoms with Crippen molar-refractivity contribution in [2.45, 2.75) is 40.0 Å². The molecule has 0 aliphatic carbocycles. The van der Waals surface area contributed by atoms with Crippen molar-refractivity contribution in [3.63, 3.8) is 0 Å². The molecule has 0 aromatic heterocycles. The fraction of sp³-hybridized carbons (Fsp3) is 0.692. The van der Waals surface area contributed by atoms with Crippen LogP contribution in [0.4, 0.5) is 0 Å². The zero-order chi connectivity index (χ0) is 11.0. The van der Waals surface area contributed by atoms with E-state index in [-0.39, 0.29) is 5.41 Å². The molecule has 0 spiro atoms. The van der Waals surface area contributed by atoms with Gasteiger partial charge in [0.15, 0.2) is 0 Å². The Morgan fingerprint density at radius 3 is 2.43 bits per heavy atom. The molecule has 1 atom stereocenters. The van der Waals surface area contributed by atoms with E-state index in [1.807, 2.05) is 6.08 Å². The molecular formula is C13H25N. The van der Waals surface area contributed by atoms with Crippen LogP contribution in [0.1, 0.15) is 40.0 Å². The summed E-state index contributed by atoms with van der Waals surface area (Å²) in [7, 11) is 0. The minimum Gasteiger partial charge on any atom is -0.330 e. The van der Waals surface area contributed by atoms with Gasteiger partial charge in [-0.05, 0) is 37.1 Å². The maximum Gasteiger partial charge on any atom is -0.00691 e. The van der Waals surface area contributed by atoms with E-state index < -0.39 is 0 Å². The molecule has 0 aromatic rings. The summed E-state index contributed by atoms with van der Waals surface area (Å²) >= 11 is 0. The molecular weight excluding hydrogens is 170 g/mol. The summed E-state index contributed by atoms with van der Waals surface area (Å²) in [4.78, 5) is 0. The second kappa shape index (κ2) is 6.83. The first kappa shape index (κ1) is 13.4. The quantitative estimate of drug-likeness (QED) is 0.618. The molecule has 82 valence electrons. The van der Waals surface area contributed by atoms with Crippen LogP contribution in [0.3, 0.4) is 0 Å². The van der Waals surface area contributed by atoms with Crippen molar-refractivity contribution in [1.82, 2.24) is 0 Å². The van der Waals surface area contributed by atoms with Crippen molar-refractivity contribution in [2.75, 3.05) is 6.54 Å². The Morgan fingerprint density at radius 1 is 1.36 bits per heavy atom. The minimum absolute atomic E-state index is 0.218. The van der Waals surface area contributed by atoms with E-state index in [1.54, 1.807) is 0 Å². The van der Waals surface area contributed by atoms with Crippen LogP contribution in [-0.2, 0) is 0 Å². The average Bonchev–Trinajstić information content (AvgIpc) is 2.13. The van der Waals surface area contributed by atoms with Crippen LogP contribution < -0.4 is 5.73 Å². The van der Waals surface area contributed by atoms with Gasteiger partial charge in [-0.1, -0.05) is 39.0 Å². The Bertz CT molecular complexity index is 182. The largest absolute Gasteiger partial charge is 0.330 e. The highest BCUT2D eigenvalue weighted by molar-refractivity contribution is 4.94. The highest BCUT2D eigenvalue weighted by Crippen LogP contribution is 2.28. The van der Waals surface area contributed by atoms with E-state index in [0.29, 0.717) is 5.92 Å². The molecule has 0 saturated carbocycles. The molecule has 0 rings (SSSR count). The summed E-state index contributed by atoms with van der Waals surface area (Å²) in [6.07, 6.45) is 9.88. The monoisotopic (exact) mass is 195 g/mol. The van der Waals surface area contributed by atoms with Gasteiger partial charge in [-0.2, -0.15) is 0 Å². The van der Waals surface area contributed by atoms with Gasteiger partial charge in [-0.3, -0.25) is 0 Å². The van der Waals surface area contributed by atoms with Crippen molar-refractivity contribution >= 4 is 0 Å². The average molecular weight is 195 g/mol. The maximum absolute atomic E-state index is 5.58. The van der Waals surface area contributed by atoms with Crippen LogP contribution in [0.25, 0.3) is 0 Å². The molecule has 0 aromatic carbocycles. The predicted octanol–water partition coefficient (Wildman–Crippen LogP) is 3.52. The molecule has 1 heteroatoms. The number of rotatable bonds is 7. The van der Waals surface area contributed by atoms with Crippen LogP contribution in [-0.4, -0.2) is 6.54 Å². The van der Waals surface area contributed by atoms with Crippen LogP contribution >= 0.6 is 0 Å². The molecule has 2 N–H and O–H groups in total. The van der Waals surface area contributed by atoms with Crippen molar-refractivity contribution < 1.29 is 0 Å². The second-order valence-electron chi connectivity index (χ2n) is 4.61. The molecule has 0 aliphatic rings. The molecule has 1 unspecified atom stereocenters. The first-order valence-corrected chi connectivity index (χ1v) is 5.54. The molecule has 1 nitrogen and oxygen atoms in total. The van der Waals surface area contributed by atoms with Gasteiger partial charge >= 0.3 is 0 Å². The van der Waals surface area contributed by atoms with E-state index in [4.69, 9.17) is 5.73 Å². The Labute approximate surface area is 89.1 Å². The molecule has 0 bridgehead atoms. The summed E-state index contributed by atoms with van der Waals surface area (Å²) in [6.45, 7) is 11.3. The Morgan fingerprint density at radius 2 is 2.00 bits per heavy atom. The summed E-state index contributed by atoms with van der Waals surface area (Å²) in [5.41, 5.74) is 5.80. The van der Waals surface area contributed by atoms with Crippen molar-refractivity contribution in [1.29, 1.82) is 0 Å². The van der Waals surface area contributed by atoms with Crippen LogP contribution in [0.5, 0.6) is 0 Å². The fourth-order valence-corrected chi connectivity index (χ4v) is 1.44. The van der Waals surface area contributed by atoms with Gasteiger partial charge in [0.2, 0.25) is 0 Å². The van der Waals surface area contributed by atoms with Gasteiger partial charge in [-0.25, -0.2) is 0 Å². The minimum atomic E-state index is 0.218. The van der Waals surface area contributed by atoms with Gasteiger partial charge in [0.1, 0.15) is 0 Å². The lowest BCUT2D eigenvalue weighted by molar-refractivity contribution is 0.370. The molecule has 0 radical (unpaired) electrons. The normalized spacial score (nSPS) is 16.1. The summed E-state index contributed by atoms with van der Waals surface area (Å²) in [5.74, 6) is 0.652. The van der Waals surface area contributed by atoms with Gasteiger partial charge in [-0.15, -0.1) is 6.58 Å². The van der Waals surface area contributed by atoms with E-state index in [0.717, 1.165) is 25.8 Å². The third kappa shape index (κ3) is 5.98. The predicted molar refractivity (Wildman–Crippen MR) is 65.2 cm³/mol. The lowest BCUT2D eigenvalue weighted by atomic mass is 9.82. The second-order valence-corrected chi connectivity index (χ2v) is 4.61. The fourth-order valence-electron chi connectivity index (χ4n) is 1.44. The van der Waals surface area contributed by atoms with Gasteiger partial charge in [0, 0.05) is 0 Å². The molecule has 0 amide bonds. The number of allylic oxidation sites excluding steroid dienone is 3. The highest BCUT2D eigenvalue weighted by Gasteiger charge is 2.17. The lowest BCUT2D eigenvalue weighted by Crippen LogP contribution is -2.17. The zero-order valence-electron chi connectivity index (χ0n) is 9.92. The van der Waals surface area contributed by atoms with Crippen molar-refractivity contribution in [2.24, 2.45) is 17.1 Å². The van der Waals surface area contributed by atoms with Gasteiger partial charge < -0.3 is 5.73 Å². The SMILES string of the molecule is C=CC(C)(CCN)CC/C=C\C(C)C. The number of hydrogen-bond acceptors (Lipinski definition) is 1. The Hall–Kier alpha value is -0.560. The highest BCUT2D eigenvalue weighted by atomic mass is 14.5. The first-order valence-electron chi connectivity index (χ1n) is 5.54. The van der Waals surface area contributed by atoms with E-state index >= 15 is 0 Å². The zero-order valence-corrected chi connectivity index (χ0v) is 9.92. The Balaban J connectivity index is 3.89. The third-order valence-corrected chi connectivity index (χ3v) is 2.61. The maximum atomic E-state index is 5.58. The molecule has 14 heavy (non-hydrogen) atoms. The summed E-state index contributed by atoms with van der Waals surface area (Å²) in [6, 6.07) is 0. The lowest BCUT2D eigenvalue weighted by Gasteiger charge is -2.24. The van der Waals surface area contributed by atoms with Gasteiger partial charge in [0.05, 0.1) is 0 Å². The van der Waals surface area contributed by atoms with Crippen molar-refractivity contribution in [3.8, 4) is 0 Å². The summed E-state index contributed by atoms with van der Waals surface area (Å²) in [5, 5.41) is 0. The topological polar surface area (TPSA) is 26.0 Å². The number of nitrogens with two attached hydrogens (primary N) is 1. The number of hydrogen-bond donors (Lipinski definition) is 1. The van der Waals surface area contributed by atoms with E-state index in [1.165, 1.54) is 0 Å². The molecule has 0 saturated heterocycles. The standard InChI is InChI=1S/C13H25N/c1-5-13(4,10-11-14)9-7-6-8-12(2)3/h5-6,8,12H,1,7,9-11,14H2,2-4H3/b8-6-. The molecule has 0 aliphatic heterocycles. The van der Waals surface area contributed by atoms with Gasteiger partial charge in [0.25, 0.3) is 0 Å². The first-order chi connectivity index (χ1) is 6.54. The van der Waals surface area contributed by atoms with Crippen molar-refractivity contribution in [3.05, 3.63) is 24.8 Å². The van der Waals surface area contributed by atoms with E-state index in [2.05, 4.69) is 39.5 Å². The summed E-state index contributed by atoms with van der Waals surface area (Å²) < 4.78 is 0. The van der Waals surface area contributed by atoms with Crippen LogP contribution in [0.2, 0.25) is 0 Å². The Kier molecular flexibility index (Phi) is 6.56. The van der Waals surface area contributed by atoms with Crippen LogP contribution in [0, 0.1) is 11.3 Å². The third-order valence-electron chi connectivity index (χ3n) is 2.61. The van der Waals surface area contributed by atoms with Crippen LogP contribution in [0.15, 0.2) is 24.8 Å². The smallest absolute Gasteiger partial charge is 0.00691 e.